The molecule has 0 bridgehead atoms. The lowest BCUT2D eigenvalue weighted by atomic mass is 9.95. The fraction of sp³-hybridized carbons (Fsp3) is 0.364. The van der Waals surface area contributed by atoms with Crippen molar-refractivity contribution in [1.29, 1.82) is 0 Å². The number of aliphatic carboxylic acids is 1. The molecule has 1 aliphatic rings. The number of hydrogen-bond acceptors (Lipinski definition) is 3. The van der Waals surface area contributed by atoms with Crippen molar-refractivity contribution in [2.45, 2.75) is 17.8 Å². The predicted octanol–water partition coefficient (Wildman–Crippen LogP) is 1.76. The molecule has 0 spiro atoms. The third-order valence-electron chi connectivity index (χ3n) is 3.02. The fourth-order valence-corrected chi connectivity index (χ4v) is 1.90. The van der Waals surface area contributed by atoms with E-state index in [1.807, 2.05) is 0 Å². The van der Waals surface area contributed by atoms with Crippen molar-refractivity contribution in [1.82, 2.24) is 0 Å². The van der Waals surface area contributed by atoms with Crippen molar-refractivity contribution in [2.24, 2.45) is 0 Å². The first-order valence-corrected chi connectivity index (χ1v) is 4.84. The highest BCUT2D eigenvalue weighted by atomic mass is 19.3. The molecule has 1 aliphatic carbocycles. The van der Waals surface area contributed by atoms with Gasteiger partial charge in [0.25, 0.3) is 5.92 Å². The third-order valence-corrected chi connectivity index (χ3v) is 3.02. The summed E-state index contributed by atoms with van der Waals surface area (Å²) in [7, 11) is 1.26. The Hall–Kier alpha value is -1.85. The Morgan fingerprint density at radius 1 is 1.47 bits per heavy atom. The van der Waals surface area contributed by atoms with Gasteiger partial charge in [0.05, 0.1) is 7.11 Å². The smallest absolute Gasteiger partial charge is 0.320 e. The van der Waals surface area contributed by atoms with Crippen molar-refractivity contribution >= 4 is 5.97 Å². The number of halogens is 2. The fourth-order valence-electron chi connectivity index (χ4n) is 1.90. The summed E-state index contributed by atoms with van der Waals surface area (Å²) in [4.78, 5) is 11.0. The number of hydrogen-bond donors (Lipinski definition) is 2. The zero-order valence-electron chi connectivity index (χ0n) is 8.91. The molecular weight excluding hydrogens is 234 g/mol. The van der Waals surface area contributed by atoms with Crippen LogP contribution in [0.1, 0.15) is 12.0 Å². The van der Waals surface area contributed by atoms with Crippen LogP contribution in [0.5, 0.6) is 11.5 Å². The van der Waals surface area contributed by atoms with Crippen molar-refractivity contribution in [3.8, 4) is 11.5 Å². The first kappa shape index (κ1) is 11.6. The monoisotopic (exact) mass is 244 g/mol. The van der Waals surface area contributed by atoms with Crippen LogP contribution < -0.4 is 4.74 Å². The van der Waals surface area contributed by atoms with Crippen LogP contribution in [0.25, 0.3) is 0 Å². The molecule has 0 radical (unpaired) electrons. The highest BCUT2D eigenvalue weighted by molar-refractivity contribution is 5.88. The summed E-state index contributed by atoms with van der Waals surface area (Å²) in [5.74, 6) is -5.08. The summed E-state index contributed by atoms with van der Waals surface area (Å²) in [6, 6.07) is 3.45. The summed E-state index contributed by atoms with van der Waals surface area (Å²) in [5, 5.41) is 18.3. The second-order valence-corrected chi connectivity index (χ2v) is 3.98. The van der Waals surface area contributed by atoms with Crippen LogP contribution in [0.15, 0.2) is 18.2 Å². The Morgan fingerprint density at radius 2 is 2.06 bits per heavy atom. The van der Waals surface area contributed by atoms with Gasteiger partial charge in [-0.15, -0.1) is 0 Å². The van der Waals surface area contributed by atoms with E-state index < -0.39 is 23.7 Å². The van der Waals surface area contributed by atoms with Crippen LogP contribution in [0.3, 0.4) is 0 Å². The van der Waals surface area contributed by atoms with E-state index >= 15 is 0 Å². The Bertz CT molecular complexity index is 486. The van der Waals surface area contributed by atoms with E-state index in [0.29, 0.717) is 0 Å². The SMILES string of the molecule is COc1cc(C2(C(=O)O)CC2(F)F)ccc1O. The number of phenolic OH excluding ortho intramolecular Hbond substituents is 1. The lowest BCUT2D eigenvalue weighted by Crippen LogP contribution is -2.27. The third kappa shape index (κ3) is 1.44. The molecule has 0 aromatic heterocycles. The van der Waals surface area contributed by atoms with E-state index in [-0.39, 0.29) is 17.1 Å². The van der Waals surface area contributed by atoms with Crippen LogP contribution in [0.2, 0.25) is 0 Å². The van der Waals surface area contributed by atoms with Gasteiger partial charge in [-0.3, -0.25) is 4.79 Å². The molecule has 1 unspecified atom stereocenters. The molecule has 2 rings (SSSR count). The van der Waals surface area contributed by atoms with Crippen molar-refractivity contribution in [2.75, 3.05) is 7.11 Å². The molecule has 1 aromatic rings. The Labute approximate surface area is 95.4 Å². The minimum absolute atomic E-state index is 0.0224. The number of rotatable bonds is 3. The molecule has 0 aliphatic heterocycles. The number of ether oxygens (including phenoxy) is 1. The van der Waals surface area contributed by atoms with Crippen molar-refractivity contribution in [3.63, 3.8) is 0 Å². The number of aromatic hydroxyl groups is 1. The Kier molecular flexibility index (Phi) is 2.27. The standard InChI is InChI=1S/C11H10F2O4/c1-17-8-4-6(2-3-7(8)14)10(9(15)16)5-11(10,12)13/h2-4,14H,5H2,1H3,(H,15,16). The molecule has 0 amide bonds. The van der Waals surface area contributed by atoms with E-state index in [9.17, 15) is 18.7 Å². The molecule has 0 heterocycles. The molecule has 1 saturated carbocycles. The van der Waals surface area contributed by atoms with Crippen LogP contribution in [-0.4, -0.2) is 29.2 Å². The minimum Gasteiger partial charge on any atom is -0.504 e. The summed E-state index contributed by atoms with van der Waals surface area (Å²) >= 11 is 0. The topological polar surface area (TPSA) is 66.8 Å². The lowest BCUT2D eigenvalue weighted by molar-refractivity contribution is -0.142. The molecule has 0 saturated heterocycles. The Morgan fingerprint density at radius 3 is 2.47 bits per heavy atom. The largest absolute Gasteiger partial charge is 0.504 e. The first-order valence-electron chi connectivity index (χ1n) is 4.84. The molecule has 1 fully saturated rings. The second-order valence-electron chi connectivity index (χ2n) is 3.98. The molecule has 6 heteroatoms. The number of benzene rings is 1. The number of methoxy groups -OCH3 is 1. The zero-order chi connectivity index (χ0) is 12.8. The van der Waals surface area contributed by atoms with E-state index in [2.05, 4.69) is 0 Å². The predicted molar refractivity (Wildman–Crippen MR) is 53.5 cm³/mol. The lowest BCUT2D eigenvalue weighted by Gasteiger charge is -2.13. The van der Waals surface area contributed by atoms with Crippen LogP contribution in [0.4, 0.5) is 8.78 Å². The van der Waals surface area contributed by atoms with Gasteiger partial charge in [0, 0.05) is 6.42 Å². The highest BCUT2D eigenvalue weighted by Gasteiger charge is 2.77. The molecule has 92 valence electrons. The van der Waals surface area contributed by atoms with Gasteiger partial charge in [0.1, 0.15) is 0 Å². The van der Waals surface area contributed by atoms with Gasteiger partial charge in [-0.2, -0.15) is 0 Å². The minimum atomic E-state index is -3.26. The molecule has 2 N–H and O–H groups in total. The molecule has 4 nitrogen and oxygen atoms in total. The van der Waals surface area contributed by atoms with Gasteiger partial charge < -0.3 is 14.9 Å². The van der Waals surface area contributed by atoms with E-state index in [1.54, 1.807) is 0 Å². The van der Waals surface area contributed by atoms with Crippen LogP contribution in [0, 0.1) is 0 Å². The molecule has 1 atom stereocenters. The zero-order valence-corrected chi connectivity index (χ0v) is 8.91. The van der Waals surface area contributed by atoms with Gasteiger partial charge in [0.15, 0.2) is 16.9 Å². The summed E-state index contributed by atoms with van der Waals surface area (Å²) in [6.07, 6.45) is -0.733. The van der Waals surface area contributed by atoms with Gasteiger partial charge in [-0.25, -0.2) is 8.78 Å². The average Bonchev–Trinajstić information content (AvgIpc) is 2.84. The summed E-state index contributed by atoms with van der Waals surface area (Å²) in [6.45, 7) is 0. The maximum atomic E-state index is 13.2. The maximum absolute atomic E-state index is 13.2. The second kappa shape index (κ2) is 3.32. The number of alkyl halides is 2. The highest BCUT2D eigenvalue weighted by Crippen LogP contribution is 2.62. The van der Waals surface area contributed by atoms with Gasteiger partial charge in [0.2, 0.25) is 0 Å². The number of carboxylic acid groups (broad SMARTS) is 1. The van der Waals surface area contributed by atoms with Crippen LogP contribution >= 0.6 is 0 Å². The number of carbonyl (C=O) groups is 1. The normalized spacial score (nSPS) is 25.4. The summed E-state index contributed by atoms with van der Waals surface area (Å²) in [5.41, 5.74) is -2.25. The average molecular weight is 244 g/mol. The quantitative estimate of drug-likeness (QED) is 0.850. The first-order chi connectivity index (χ1) is 7.85. The van der Waals surface area contributed by atoms with Crippen molar-refractivity contribution < 1.29 is 28.5 Å². The van der Waals surface area contributed by atoms with E-state index in [0.717, 1.165) is 12.1 Å². The molecule has 17 heavy (non-hydrogen) atoms. The number of carboxylic acids is 1. The van der Waals surface area contributed by atoms with E-state index in [1.165, 1.54) is 13.2 Å². The number of phenols is 1. The van der Waals surface area contributed by atoms with Crippen molar-refractivity contribution in [3.05, 3.63) is 23.8 Å². The Balaban J connectivity index is 2.51. The maximum Gasteiger partial charge on any atom is 0.320 e. The summed E-state index contributed by atoms with van der Waals surface area (Å²) < 4.78 is 31.2. The van der Waals surface area contributed by atoms with Gasteiger partial charge >= 0.3 is 5.97 Å². The van der Waals surface area contributed by atoms with E-state index in [4.69, 9.17) is 9.84 Å². The molecular formula is C11H10F2O4. The molecule has 1 aromatic carbocycles. The van der Waals surface area contributed by atoms with Gasteiger partial charge in [-0.1, -0.05) is 6.07 Å². The van der Waals surface area contributed by atoms with Crippen LogP contribution in [-0.2, 0) is 10.2 Å². The van der Waals surface area contributed by atoms with Gasteiger partial charge in [-0.05, 0) is 17.7 Å².